The summed E-state index contributed by atoms with van der Waals surface area (Å²) in [5, 5.41) is 9.45. The molecule has 1 N–H and O–H groups in total. The summed E-state index contributed by atoms with van der Waals surface area (Å²) in [5.74, 6) is -1.28. The molecule has 5 nitrogen and oxygen atoms in total. The van der Waals surface area contributed by atoms with Crippen molar-refractivity contribution >= 4 is 29.3 Å². The summed E-state index contributed by atoms with van der Waals surface area (Å²) in [4.78, 5) is 24.1. The van der Waals surface area contributed by atoms with E-state index in [1.165, 1.54) is 13.0 Å². The lowest BCUT2D eigenvalue weighted by molar-refractivity contribution is -0.116. The van der Waals surface area contributed by atoms with Gasteiger partial charge >= 0.3 is 5.97 Å². The Kier molecular flexibility index (Phi) is 2.07. The topological polar surface area (TPSA) is 70.8 Å². The molecular weight excluding hydrogens is 242 g/mol. The molecule has 0 radical (unpaired) electrons. The van der Waals surface area contributed by atoms with E-state index in [4.69, 9.17) is 9.52 Å². The summed E-state index contributed by atoms with van der Waals surface area (Å²) in [7, 11) is 0. The molecule has 1 saturated carbocycles. The first-order chi connectivity index (χ1) is 8.01. The quantitative estimate of drug-likeness (QED) is 0.828. The van der Waals surface area contributed by atoms with Crippen molar-refractivity contribution in [1.82, 2.24) is 0 Å². The number of carbonyl (C=O) groups excluding carboxylic acids is 1. The molecule has 3 rings (SSSR count). The van der Waals surface area contributed by atoms with Crippen molar-refractivity contribution in [1.29, 1.82) is 0 Å². The summed E-state index contributed by atoms with van der Waals surface area (Å²) in [6.07, 6.45) is 2.09. The van der Waals surface area contributed by atoms with Crippen LogP contribution in [0.3, 0.4) is 0 Å². The van der Waals surface area contributed by atoms with E-state index in [9.17, 15) is 9.59 Å². The molecule has 1 aliphatic carbocycles. The molecule has 1 aliphatic heterocycles. The number of fused-ring (bicyclic) bond motifs is 1. The third kappa shape index (κ3) is 1.63. The van der Waals surface area contributed by atoms with E-state index in [-0.39, 0.29) is 16.4 Å². The van der Waals surface area contributed by atoms with Gasteiger partial charge in [0.05, 0.1) is 5.69 Å². The minimum atomic E-state index is -1.10. The zero-order valence-electron chi connectivity index (χ0n) is 9.23. The number of hydrogen-bond donors (Lipinski definition) is 1. The monoisotopic (exact) mass is 253 g/mol. The van der Waals surface area contributed by atoms with E-state index in [0.29, 0.717) is 17.3 Å². The summed E-state index contributed by atoms with van der Waals surface area (Å²) in [5.41, 5.74) is 0.595. The first kappa shape index (κ1) is 10.7. The average molecular weight is 253 g/mol. The number of carbonyl (C=O) groups is 2. The number of anilines is 1. The molecule has 0 aromatic carbocycles. The number of amides is 1. The van der Waals surface area contributed by atoms with Crippen LogP contribution in [0.25, 0.3) is 0 Å². The van der Waals surface area contributed by atoms with Crippen LogP contribution in [0, 0.1) is 0 Å². The first-order valence-electron chi connectivity index (χ1n) is 5.35. The molecule has 1 aromatic heterocycles. The van der Waals surface area contributed by atoms with E-state index in [0.717, 1.165) is 12.8 Å². The van der Waals surface area contributed by atoms with Crippen LogP contribution in [-0.4, -0.2) is 28.3 Å². The van der Waals surface area contributed by atoms with Gasteiger partial charge in [0, 0.05) is 24.3 Å². The fourth-order valence-corrected chi connectivity index (χ4v) is 3.31. The van der Waals surface area contributed by atoms with Crippen LogP contribution < -0.4 is 4.90 Å². The summed E-state index contributed by atoms with van der Waals surface area (Å²) in [6.45, 7) is 2.14. The molecule has 1 spiro atoms. The summed E-state index contributed by atoms with van der Waals surface area (Å²) in [6, 6.07) is 1.43. The van der Waals surface area contributed by atoms with Gasteiger partial charge in [0.2, 0.25) is 11.7 Å². The zero-order chi connectivity index (χ0) is 12.2. The third-order valence-electron chi connectivity index (χ3n) is 3.12. The van der Waals surface area contributed by atoms with Crippen molar-refractivity contribution in [2.75, 3.05) is 11.4 Å². The molecule has 1 aromatic rings. The van der Waals surface area contributed by atoms with Gasteiger partial charge in [0.15, 0.2) is 5.09 Å². The highest BCUT2D eigenvalue weighted by Gasteiger charge is 2.51. The molecule has 90 valence electrons. The van der Waals surface area contributed by atoms with Crippen molar-refractivity contribution in [3.8, 4) is 0 Å². The number of thioether (sulfide) groups is 1. The fourth-order valence-electron chi connectivity index (χ4n) is 2.01. The van der Waals surface area contributed by atoms with Gasteiger partial charge in [-0.05, 0) is 12.8 Å². The smallest absolute Gasteiger partial charge is 0.371 e. The van der Waals surface area contributed by atoms with Gasteiger partial charge in [-0.25, -0.2) is 4.79 Å². The van der Waals surface area contributed by atoms with Gasteiger partial charge < -0.3 is 14.4 Å². The first-order valence-corrected chi connectivity index (χ1v) is 6.17. The number of carboxylic acids is 1. The van der Waals surface area contributed by atoms with E-state index in [1.807, 2.05) is 0 Å². The average Bonchev–Trinajstić information content (AvgIpc) is 2.85. The minimum absolute atomic E-state index is 0.0618. The van der Waals surface area contributed by atoms with Crippen LogP contribution in [0.4, 0.5) is 5.69 Å². The fraction of sp³-hybridized carbons (Fsp3) is 0.455. The van der Waals surface area contributed by atoms with Gasteiger partial charge in [-0.3, -0.25) is 4.79 Å². The lowest BCUT2D eigenvalue weighted by Gasteiger charge is -2.30. The second kappa shape index (κ2) is 3.29. The maximum Gasteiger partial charge on any atom is 0.371 e. The molecule has 0 saturated heterocycles. The van der Waals surface area contributed by atoms with Crippen molar-refractivity contribution in [2.24, 2.45) is 0 Å². The molecule has 2 aliphatic rings. The second-order valence-corrected chi connectivity index (χ2v) is 5.92. The van der Waals surface area contributed by atoms with Crippen molar-refractivity contribution in [2.45, 2.75) is 29.6 Å². The number of furan rings is 1. The Morgan fingerprint density at radius 2 is 2.24 bits per heavy atom. The van der Waals surface area contributed by atoms with Crippen molar-refractivity contribution < 1.29 is 19.1 Å². The van der Waals surface area contributed by atoms with Crippen molar-refractivity contribution in [3.05, 3.63) is 11.8 Å². The van der Waals surface area contributed by atoms with Crippen LogP contribution in [0.1, 0.15) is 30.3 Å². The highest BCUT2D eigenvalue weighted by Crippen LogP contribution is 2.58. The summed E-state index contributed by atoms with van der Waals surface area (Å²) < 4.78 is 5.35. The molecule has 2 heterocycles. The maximum atomic E-state index is 11.6. The largest absolute Gasteiger partial charge is 0.475 e. The van der Waals surface area contributed by atoms with E-state index < -0.39 is 5.97 Å². The predicted molar refractivity (Wildman–Crippen MR) is 61.5 cm³/mol. The van der Waals surface area contributed by atoms with Gasteiger partial charge in [-0.1, -0.05) is 11.8 Å². The molecule has 17 heavy (non-hydrogen) atoms. The SMILES string of the molecule is CC(=O)N1CC2(CC2)Sc2oc(C(=O)O)cc21. The number of carboxylic acid groups (broad SMARTS) is 1. The van der Waals surface area contributed by atoms with E-state index in [2.05, 4.69) is 0 Å². The highest BCUT2D eigenvalue weighted by atomic mass is 32.2. The van der Waals surface area contributed by atoms with Crippen LogP contribution in [0.2, 0.25) is 0 Å². The standard InChI is InChI=1S/C11H11NO4S/c1-6(13)12-5-11(2-3-11)17-10-7(12)4-8(16-10)9(14)15/h4H,2-3,5H2,1H3,(H,14,15). The Bertz CT molecular complexity index is 518. The lowest BCUT2D eigenvalue weighted by Crippen LogP contribution is -2.38. The molecule has 0 atom stereocenters. The third-order valence-corrected chi connectivity index (χ3v) is 4.57. The van der Waals surface area contributed by atoms with Crippen LogP contribution in [0.15, 0.2) is 15.6 Å². The molecular formula is C11H11NO4S. The number of hydrogen-bond acceptors (Lipinski definition) is 4. The molecule has 0 unspecified atom stereocenters. The van der Waals surface area contributed by atoms with Crippen molar-refractivity contribution in [3.63, 3.8) is 0 Å². The minimum Gasteiger partial charge on any atom is -0.475 e. The number of nitrogens with zero attached hydrogens (tertiary/aromatic N) is 1. The number of aromatic carboxylic acids is 1. The Hall–Kier alpha value is -1.43. The molecule has 6 heteroatoms. The van der Waals surface area contributed by atoms with Gasteiger partial charge in [0.1, 0.15) is 0 Å². The van der Waals surface area contributed by atoms with Crippen LogP contribution in [0.5, 0.6) is 0 Å². The molecule has 0 bridgehead atoms. The van der Waals surface area contributed by atoms with Gasteiger partial charge in [0.25, 0.3) is 0 Å². The van der Waals surface area contributed by atoms with E-state index in [1.54, 1.807) is 16.7 Å². The normalized spacial score (nSPS) is 20.2. The van der Waals surface area contributed by atoms with Gasteiger partial charge in [-0.15, -0.1) is 0 Å². The molecule has 1 amide bonds. The van der Waals surface area contributed by atoms with Gasteiger partial charge in [-0.2, -0.15) is 0 Å². The maximum absolute atomic E-state index is 11.6. The van der Waals surface area contributed by atoms with Crippen LogP contribution >= 0.6 is 11.8 Å². The zero-order valence-corrected chi connectivity index (χ0v) is 10.0. The van der Waals surface area contributed by atoms with E-state index >= 15 is 0 Å². The number of rotatable bonds is 1. The van der Waals surface area contributed by atoms with Crippen LogP contribution in [-0.2, 0) is 4.79 Å². The second-order valence-electron chi connectivity index (χ2n) is 4.48. The molecule has 1 fully saturated rings. The lowest BCUT2D eigenvalue weighted by atomic mass is 10.3. The Balaban J connectivity index is 2.05. The Morgan fingerprint density at radius 3 is 2.76 bits per heavy atom. The Labute approximate surface area is 102 Å². The predicted octanol–water partition coefficient (Wildman–Crippen LogP) is 1.97. The summed E-state index contributed by atoms with van der Waals surface area (Å²) >= 11 is 1.56. The Morgan fingerprint density at radius 1 is 1.53 bits per heavy atom. The highest BCUT2D eigenvalue weighted by molar-refractivity contribution is 8.01.